The summed E-state index contributed by atoms with van der Waals surface area (Å²) in [7, 11) is 0. The first kappa shape index (κ1) is 20.4. The fourth-order valence-corrected chi connectivity index (χ4v) is 4.96. The summed E-state index contributed by atoms with van der Waals surface area (Å²) in [6.07, 6.45) is 3.99. The number of para-hydroxylation sites is 1. The number of amides is 1. The number of nitrogens with one attached hydrogen (secondary N) is 1. The Morgan fingerprint density at radius 3 is 2.68 bits per heavy atom. The standard InChI is InChI=1S/C22H27NO4S/c1-4-14-11-12-16-18(13-14)28-21(19(16)22(25)27-6-3)23-20(24)15-9-7-8-10-17(15)26-5-2/h7-10,14H,4-6,11-13H2,1-3H3,(H,23,24)/t14-/m1/s1. The van der Waals surface area contributed by atoms with Crippen LogP contribution in [0.2, 0.25) is 0 Å². The molecule has 3 rings (SSSR count). The number of thiophene rings is 1. The van der Waals surface area contributed by atoms with Crippen LogP contribution in [0.3, 0.4) is 0 Å². The number of carbonyl (C=O) groups is 2. The van der Waals surface area contributed by atoms with Crippen molar-refractivity contribution in [3.8, 4) is 5.75 Å². The van der Waals surface area contributed by atoms with Crippen LogP contribution in [0.15, 0.2) is 24.3 Å². The molecule has 0 fully saturated rings. The second kappa shape index (κ2) is 9.24. The molecular formula is C22H27NO4S. The molecule has 6 heteroatoms. The second-order valence-corrected chi connectivity index (χ2v) is 7.93. The lowest BCUT2D eigenvalue weighted by Crippen LogP contribution is -2.17. The van der Waals surface area contributed by atoms with Crippen molar-refractivity contribution in [3.05, 3.63) is 45.8 Å². The predicted molar refractivity (Wildman–Crippen MR) is 112 cm³/mol. The van der Waals surface area contributed by atoms with Crippen LogP contribution in [0.5, 0.6) is 5.75 Å². The summed E-state index contributed by atoms with van der Waals surface area (Å²) in [5, 5.41) is 3.53. The molecule has 1 heterocycles. The van der Waals surface area contributed by atoms with E-state index in [4.69, 9.17) is 9.47 Å². The zero-order valence-electron chi connectivity index (χ0n) is 16.7. The summed E-state index contributed by atoms with van der Waals surface area (Å²) in [5.41, 5.74) is 2.03. The number of hydrogen-bond acceptors (Lipinski definition) is 5. The van der Waals surface area contributed by atoms with Gasteiger partial charge in [0.15, 0.2) is 0 Å². The van der Waals surface area contributed by atoms with E-state index in [0.29, 0.717) is 41.0 Å². The fourth-order valence-electron chi connectivity index (χ4n) is 3.62. The highest BCUT2D eigenvalue weighted by Crippen LogP contribution is 2.41. The van der Waals surface area contributed by atoms with E-state index in [2.05, 4.69) is 12.2 Å². The Hall–Kier alpha value is -2.34. The van der Waals surface area contributed by atoms with Crippen LogP contribution in [0.4, 0.5) is 5.00 Å². The topological polar surface area (TPSA) is 64.6 Å². The van der Waals surface area contributed by atoms with E-state index in [-0.39, 0.29) is 11.9 Å². The summed E-state index contributed by atoms with van der Waals surface area (Å²) in [4.78, 5) is 26.8. The minimum absolute atomic E-state index is 0.278. The Kier molecular flexibility index (Phi) is 6.73. The van der Waals surface area contributed by atoms with Crippen molar-refractivity contribution < 1.29 is 19.1 Å². The van der Waals surface area contributed by atoms with Crippen LogP contribution in [0, 0.1) is 5.92 Å². The minimum Gasteiger partial charge on any atom is -0.493 e. The van der Waals surface area contributed by atoms with Crippen LogP contribution < -0.4 is 10.1 Å². The van der Waals surface area contributed by atoms with Gasteiger partial charge in [-0.15, -0.1) is 11.3 Å². The SMILES string of the molecule is CCOC(=O)c1c(NC(=O)c2ccccc2OCC)sc2c1CC[C@@H](CC)C2. The summed E-state index contributed by atoms with van der Waals surface area (Å²) in [6.45, 7) is 6.65. The number of esters is 1. The van der Waals surface area contributed by atoms with Gasteiger partial charge in [-0.05, 0) is 56.7 Å². The first-order valence-corrected chi connectivity index (χ1v) is 10.7. The molecule has 1 aliphatic carbocycles. The zero-order chi connectivity index (χ0) is 20.1. The van der Waals surface area contributed by atoms with Gasteiger partial charge >= 0.3 is 5.97 Å². The van der Waals surface area contributed by atoms with Crippen molar-refractivity contribution in [2.75, 3.05) is 18.5 Å². The average molecular weight is 402 g/mol. The molecule has 0 spiro atoms. The van der Waals surface area contributed by atoms with Crippen molar-refractivity contribution in [1.29, 1.82) is 0 Å². The highest BCUT2D eigenvalue weighted by molar-refractivity contribution is 7.17. The first-order chi connectivity index (χ1) is 13.6. The summed E-state index contributed by atoms with van der Waals surface area (Å²) in [5.74, 6) is 0.527. The molecule has 0 radical (unpaired) electrons. The van der Waals surface area contributed by atoms with E-state index in [1.54, 1.807) is 25.1 Å². The molecule has 0 saturated carbocycles. The lowest BCUT2D eigenvalue weighted by atomic mass is 9.85. The van der Waals surface area contributed by atoms with E-state index >= 15 is 0 Å². The molecule has 150 valence electrons. The number of ether oxygens (including phenoxy) is 2. The molecule has 1 aliphatic rings. The van der Waals surface area contributed by atoms with E-state index in [0.717, 1.165) is 31.2 Å². The normalized spacial score (nSPS) is 15.6. The van der Waals surface area contributed by atoms with Gasteiger partial charge in [-0.25, -0.2) is 4.79 Å². The third-order valence-corrected chi connectivity index (χ3v) is 6.25. The maximum atomic E-state index is 12.9. The van der Waals surface area contributed by atoms with Crippen molar-refractivity contribution in [2.45, 2.75) is 46.5 Å². The molecule has 0 saturated heterocycles. The van der Waals surface area contributed by atoms with Crippen molar-refractivity contribution in [1.82, 2.24) is 0 Å². The lowest BCUT2D eigenvalue weighted by Gasteiger charge is -2.20. The molecule has 2 aromatic rings. The number of hydrogen-bond donors (Lipinski definition) is 1. The van der Waals surface area contributed by atoms with Crippen LogP contribution in [-0.2, 0) is 17.6 Å². The van der Waals surface area contributed by atoms with Crippen LogP contribution in [0.1, 0.15) is 64.8 Å². The van der Waals surface area contributed by atoms with E-state index in [1.807, 2.05) is 13.0 Å². The Bertz CT molecular complexity index is 858. The van der Waals surface area contributed by atoms with Gasteiger partial charge in [0.25, 0.3) is 5.91 Å². The molecule has 0 bridgehead atoms. The van der Waals surface area contributed by atoms with Gasteiger partial charge in [0, 0.05) is 4.88 Å². The summed E-state index contributed by atoms with van der Waals surface area (Å²) < 4.78 is 10.9. The molecule has 28 heavy (non-hydrogen) atoms. The highest BCUT2D eigenvalue weighted by Gasteiger charge is 2.30. The molecule has 0 unspecified atom stereocenters. The molecular weight excluding hydrogens is 374 g/mol. The van der Waals surface area contributed by atoms with Gasteiger partial charge in [-0.2, -0.15) is 0 Å². The number of fused-ring (bicyclic) bond motifs is 1. The Morgan fingerprint density at radius 2 is 1.96 bits per heavy atom. The average Bonchev–Trinajstić information content (AvgIpc) is 3.05. The van der Waals surface area contributed by atoms with Gasteiger partial charge in [0.1, 0.15) is 10.8 Å². The Labute approximate surface area is 170 Å². The number of carbonyl (C=O) groups excluding carboxylic acids is 2. The lowest BCUT2D eigenvalue weighted by molar-refractivity contribution is 0.0526. The maximum absolute atomic E-state index is 12.9. The molecule has 1 amide bonds. The summed E-state index contributed by atoms with van der Waals surface area (Å²) in [6, 6.07) is 7.14. The highest BCUT2D eigenvalue weighted by atomic mass is 32.1. The fraction of sp³-hybridized carbons (Fsp3) is 0.455. The van der Waals surface area contributed by atoms with Gasteiger partial charge < -0.3 is 14.8 Å². The molecule has 0 aliphatic heterocycles. The van der Waals surface area contributed by atoms with Crippen molar-refractivity contribution in [3.63, 3.8) is 0 Å². The molecule has 1 aromatic carbocycles. The van der Waals surface area contributed by atoms with Gasteiger partial charge in [0.2, 0.25) is 0 Å². The smallest absolute Gasteiger partial charge is 0.341 e. The molecule has 1 aromatic heterocycles. The quantitative estimate of drug-likeness (QED) is 0.656. The Balaban J connectivity index is 1.94. The monoisotopic (exact) mass is 401 g/mol. The first-order valence-electron chi connectivity index (χ1n) is 9.93. The summed E-state index contributed by atoms with van der Waals surface area (Å²) >= 11 is 1.50. The van der Waals surface area contributed by atoms with Gasteiger partial charge in [-0.1, -0.05) is 25.5 Å². The number of rotatable bonds is 7. The van der Waals surface area contributed by atoms with E-state index in [1.165, 1.54) is 16.2 Å². The molecule has 1 N–H and O–H groups in total. The van der Waals surface area contributed by atoms with Gasteiger partial charge in [0.05, 0.1) is 24.3 Å². The van der Waals surface area contributed by atoms with Gasteiger partial charge in [-0.3, -0.25) is 4.79 Å². The molecule has 1 atom stereocenters. The molecule has 5 nitrogen and oxygen atoms in total. The van der Waals surface area contributed by atoms with Crippen molar-refractivity contribution in [2.24, 2.45) is 5.92 Å². The maximum Gasteiger partial charge on any atom is 0.341 e. The van der Waals surface area contributed by atoms with Crippen LogP contribution in [0.25, 0.3) is 0 Å². The number of anilines is 1. The van der Waals surface area contributed by atoms with E-state index < -0.39 is 0 Å². The van der Waals surface area contributed by atoms with Crippen LogP contribution in [-0.4, -0.2) is 25.1 Å². The third-order valence-electron chi connectivity index (χ3n) is 5.08. The van der Waals surface area contributed by atoms with E-state index in [9.17, 15) is 9.59 Å². The Morgan fingerprint density at radius 1 is 1.18 bits per heavy atom. The predicted octanol–water partition coefficient (Wildman–Crippen LogP) is 5.09. The zero-order valence-corrected chi connectivity index (χ0v) is 17.5. The second-order valence-electron chi connectivity index (χ2n) is 6.83. The largest absolute Gasteiger partial charge is 0.493 e. The van der Waals surface area contributed by atoms with Crippen LogP contribution >= 0.6 is 11.3 Å². The third kappa shape index (κ3) is 4.22. The van der Waals surface area contributed by atoms with Crippen molar-refractivity contribution >= 4 is 28.2 Å². The number of benzene rings is 1. The minimum atomic E-state index is -0.358.